The summed E-state index contributed by atoms with van der Waals surface area (Å²) in [6.45, 7) is 2.85. The molecule has 0 saturated carbocycles. The number of nitrogens with zero attached hydrogens (tertiary/aromatic N) is 5. The van der Waals surface area contributed by atoms with Crippen LogP contribution in [0.2, 0.25) is 0 Å². The van der Waals surface area contributed by atoms with E-state index in [1.807, 2.05) is 53.4 Å². The number of hydrogen-bond acceptors (Lipinski definition) is 6. The fourth-order valence-corrected chi connectivity index (χ4v) is 3.38. The monoisotopic (exact) mass is 389 g/mol. The van der Waals surface area contributed by atoms with E-state index in [9.17, 15) is 4.79 Å². The van der Waals surface area contributed by atoms with Crippen LogP contribution in [0.1, 0.15) is 5.56 Å². The summed E-state index contributed by atoms with van der Waals surface area (Å²) in [4.78, 5) is 20.8. The van der Waals surface area contributed by atoms with Gasteiger partial charge in [-0.2, -0.15) is 0 Å². The van der Waals surface area contributed by atoms with Crippen molar-refractivity contribution in [1.82, 2.24) is 20.1 Å². The SMILES string of the molecule is COc1ccc(CC(=O)N2CCN(c3ccc(-c4cccnc4)nn3)CC2)cc1. The van der Waals surface area contributed by atoms with E-state index in [0.29, 0.717) is 19.5 Å². The number of pyridine rings is 1. The van der Waals surface area contributed by atoms with Crippen LogP contribution >= 0.6 is 0 Å². The molecule has 0 atom stereocenters. The lowest BCUT2D eigenvalue weighted by Gasteiger charge is -2.35. The van der Waals surface area contributed by atoms with Gasteiger partial charge in [-0.3, -0.25) is 9.78 Å². The Balaban J connectivity index is 1.32. The molecule has 0 spiro atoms. The molecule has 4 rings (SSSR count). The number of benzene rings is 1. The maximum Gasteiger partial charge on any atom is 0.227 e. The van der Waals surface area contributed by atoms with Crippen LogP contribution in [0.25, 0.3) is 11.3 Å². The Hall–Kier alpha value is -3.48. The minimum atomic E-state index is 0.146. The number of methoxy groups -OCH3 is 1. The van der Waals surface area contributed by atoms with Crippen molar-refractivity contribution >= 4 is 11.7 Å². The van der Waals surface area contributed by atoms with Crippen molar-refractivity contribution in [2.75, 3.05) is 38.2 Å². The number of carbonyl (C=O) groups is 1. The highest BCUT2D eigenvalue weighted by atomic mass is 16.5. The van der Waals surface area contributed by atoms with Crippen molar-refractivity contribution in [2.45, 2.75) is 6.42 Å². The molecule has 0 aliphatic carbocycles. The molecule has 1 amide bonds. The smallest absolute Gasteiger partial charge is 0.227 e. The average Bonchev–Trinajstić information content (AvgIpc) is 2.80. The molecule has 1 aromatic carbocycles. The van der Waals surface area contributed by atoms with Crippen molar-refractivity contribution in [3.8, 4) is 17.0 Å². The molecule has 1 aliphatic rings. The van der Waals surface area contributed by atoms with Gasteiger partial charge in [0, 0.05) is 44.1 Å². The number of piperazine rings is 1. The highest BCUT2D eigenvalue weighted by Gasteiger charge is 2.22. The molecule has 0 radical (unpaired) electrons. The Labute approximate surface area is 170 Å². The Bertz CT molecular complexity index is 937. The summed E-state index contributed by atoms with van der Waals surface area (Å²) in [6.07, 6.45) is 3.92. The molecular weight excluding hydrogens is 366 g/mol. The normalized spacial score (nSPS) is 14.0. The molecule has 1 aliphatic heterocycles. The van der Waals surface area contributed by atoms with Gasteiger partial charge in [-0.05, 0) is 42.0 Å². The van der Waals surface area contributed by atoms with Crippen molar-refractivity contribution in [2.24, 2.45) is 0 Å². The largest absolute Gasteiger partial charge is 0.497 e. The van der Waals surface area contributed by atoms with Gasteiger partial charge in [-0.1, -0.05) is 12.1 Å². The Morgan fingerprint density at radius 3 is 2.41 bits per heavy atom. The minimum Gasteiger partial charge on any atom is -0.497 e. The molecule has 3 heterocycles. The second-order valence-electron chi connectivity index (χ2n) is 6.91. The molecule has 2 aromatic heterocycles. The van der Waals surface area contributed by atoms with E-state index in [1.165, 1.54) is 0 Å². The second kappa shape index (κ2) is 8.68. The van der Waals surface area contributed by atoms with E-state index < -0.39 is 0 Å². The van der Waals surface area contributed by atoms with Crippen LogP contribution in [0.4, 0.5) is 5.82 Å². The number of aromatic nitrogens is 3. The van der Waals surface area contributed by atoms with E-state index in [0.717, 1.165) is 41.5 Å². The Morgan fingerprint density at radius 1 is 1.00 bits per heavy atom. The molecular formula is C22H23N5O2. The Morgan fingerprint density at radius 2 is 1.79 bits per heavy atom. The molecule has 148 valence electrons. The van der Waals surface area contributed by atoms with Gasteiger partial charge in [-0.15, -0.1) is 10.2 Å². The summed E-state index contributed by atoms with van der Waals surface area (Å²) in [5, 5.41) is 8.69. The summed E-state index contributed by atoms with van der Waals surface area (Å²) < 4.78 is 5.16. The zero-order valence-corrected chi connectivity index (χ0v) is 16.4. The van der Waals surface area contributed by atoms with Gasteiger partial charge in [0.1, 0.15) is 5.75 Å². The quantitative estimate of drug-likeness (QED) is 0.668. The Kier molecular flexibility index (Phi) is 5.65. The summed E-state index contributed by atoms with van der Waals surface area (Å²) in [5.74, 6) is 1.78. The molecule has 7 nitrogen and oxygen atoms in total. The van der Waals surface area contributed by atoms with Crippen LogP contribution in [0.15, 0.2) is 60.9 Å². The van der Waals surface area contributed by atoms with Crippen LogP contribution in [0, 0.1) is 0 Å². The van der Waals surface area contributed by atoms with Crippen LogP contribution < -0.4 is 9.64 Å². The van der Waals surface area contributed by atoms with Gasteiger partial charge >= 0.3 is 0 Å². The van der Waals surface area contributed by atoms with E-state index in [4.69, 9.17) is 4.74 Å². The summed E-state index contributed by atoms with van der Waals surface area (Å²) in [7, 11) is 1.64. The van der Waals surface area contributed by atoms with Crippen molar-refractivity contribution in [3.05, 3.63) is 66.5 Å². The summed E-state index contributed by atoms with van der Waals surface area (Å²) in [5.41, 5.74) is 2.74. The van der Waals surface area contributed by atoms with Crippen LogP contribution in [0.3, 0.4) is 0 Å². The molecule has 0 bridgehead atoms. The summed E-state index contributed by atoms with van der Waals surface area (Å²) >= 11 is 0. The molecule has 3 aromatic rings. The lowest BCUT2D eigenvalue weighted by Crippen LogP contribution is -2.49. The van der Waals surface area contributed by atoms with E-state index in [1.54, 1.807) is 19.5 Å². The number of carbonyl (C=O) groups excluding carboxylic acids is 1. The van der Waals surface area contributed by atoms with Gasteiger partial charge in [0.05, 0.1) is 19.2 Å². The maximum atomic E-state index is 12.6. The number of anilines is 1. The van der Waals surface area contributed by atoms with Crippen LogP contribution in [0.5, 0.6) is 5.75 Å². The number of ether oxygens (including phenoxy) is 1. The molecule has 7 heteroatoms. The standard InChI is InChI=1S/C22H23N5O2/c1-29-19-6-4-17(5-7-19)15-22(28)27-13-11-26(12-14-27)21-9-8-20(24-25-21)18-3-2-10-23-16-18/h2-10,16H,11-15H2,1H3. The zero-order valence-electron chi connectivity index (χ0n) is 16.4. The highest BCUT2D eigenvalue weighted by molar-refractivity contribution is 5.79. The van der Waals surface area contributed by atoms with Gasteiger partial charge < -0.3 is 14.5 Å². The zero-order chi connectivity index (χ0) is 20.1. The number of hydrogen-bond donors (Lipinski definition) is 0. The number of amides is 1. The first kappa shape index (κ1) is 18.9. The lowest BCUT2D eigenvalue weighted by atomic mass is 10.1. The molecule has 1 saturated heterocycles. The fraction of sp³-hybridized carbons (Fsp3) is 0.273. The predicted octanol–water partition coefficient (Wildman–Crippen LogP) is 2.44. The maximum absolute atomic E-state index is 12.6. The summed E-state index contributed by atoms with van der Waals surface area (Å²) in [6, 6.07) is 15.4. The third-order valence-corrected chi connectivity index (χ3v) is 5.08. The van der Waals surface area contributed by atoms with Crippen molar-refractivity contribution in [1.29, 1.82) is 0 Å². The van der Waals surface area contributed by atoms with Crippen molar-refractivity contribution < 1.29 is 9.53 Å². The molecule has 1 fully saturated rings. The topological polar surface area (TPSA) is 71.5 Å². The molecule has 0 unspecified atom stereocenters. The van der Waals surface area contributed by atoms with Gasteiger partial charge in [0.2, 0.25) is 5.91 Å². The fourth-order valence-electron chi connectivity index (χ4n) is 3.38. The van der Waals surface area contributed by atoms with E-state index >= 15 is 0 Å². The van der Waals surface area contributed by atoms with E-state index in [-0.39, 0.29) is 5.91 Å². The first-order valence-corrected chi connectivity index (χ1v) is 9.63. The highest BCUT2D eigenvalue weighted by Crippen LogP contribution is 2.19. The first-order valence-electron chi connectivity index (χ1n) is 9.63. The van der Waals surface area contributed by atoms with Crippen LogP contribution in [-0.4, -0.2) is 59.3 Å². The average molecular weight is 389 g/mol. The van der Waals surface area contributed by atoms with Crippen LogP contribution in [-0.2, 0) is 11.2 Å². The van der Waals surface area contributed by atoms with Gasteiger partial charge in [0.15, 0.2) is 5.82 Å². The third kappa shape index (κ3) is 4.51. The number of rotatable bonds is 5. The third-order valence-electron chi connectivity index (χ3n) is 5.08. The first-order chi connectivity index (χ1) is 14.2. The minimum absolute atomic E-state index is 0.146. The van der Waals surface area contributed by atoms with Crippen molar-refractivity contribution in [3.63, 3.8) is 0 Å². The molecule has 0 N–H and O–H groups in total. The van der Waals surface area contributed by atoms with Gasteiger partial charge in [0.25, 0.3) is 0 Å². The van der Waals surface area contributed by atoms with Gasteiger partial charge in [-0.25, -0.2) is 0 Å². The lowest BCUT2D eigenvalue weighted by molar-refractivity contribution is -0.130. The predicted molar refractivity (Wildman–Crippen MR) is 111 cm³/mol. The molecule has 29 heavy (non-hydrogen) atoms. The van der Waals surface area contributed by atoms with E-state index in [2.05, 4.69) is 20.1 Å². The second-order valence-corrected chi connectivity index (χ2v) is 6.91.